The molecule has 50 valence electrons. The Hall–Kier alpha value is -1.32. The lowest BCUT2D eigenvalue weighted by atomic mass is 10.2. The Balaban J connectivity index is 4.12. The minimum absolute atomic E-state index is 0.424. The summed E-state index contributed by atoms with van der Waals surface area (Å²) in [5.41, 5.74) is -0.424. The van der Waals surface area contributed by atoms with E-state index in [1.165, 1.54) is 0 Å². The van der Waals surface area contributed by atoms with Gasteiger partial charge in [0.2, 0.25) is 0 Å². The van der Waals surface area contributed by atoms with Crippen LogP contribution in [0.3, 0.4) is 0 Å². The van der Waals surface area contributed by atoms with Crippen molar-refractivity contribution in [3.8, 4) is 0 Å². The van der Waals surface area contributed by atoms with Gasteiger partial charge in [0.25, 0.3) is 0 Å². The molecule has 0 saturated carbocycles. The molecule has 0 bridgehead atoms. The van der Waals surface area contributed by atoms with Gasteiger partial charge in [0, 0.05) is 5.57 Å². The van der Waals surface area contributed by atoms with Crippen molar-refractivity contribution in [1.82, 2.24) is 0 Å². The highest BCUT2D eigenvalue weighted by atomic mass is 16.4. The molecular weight excluding hydrogens is 124 g/mol. The van der Waals surface area contributed by atoms with Crippen LogP contribution in [0.5, 0.6) is 0 Å². The van der Waals surface area contributed by atoms with E-state index in [0.29, 0.717) is 6.55 Å². The molecule has 0 aliphatic heterocycles. The maximum Gasteiger partial charge on any atom is 0.331 e. The van der Waals surface area contributed by atoms with Crippen LogP contribution in [0.25, 0.3) is 0 Å². The van der Waals surface area contributed by atoms with Gasteiger partial charge in [-0.1, -0.05) is 6.55 Å². The molecule has 0 heterocycles. The standard InChI is InChI=1S/C5H6O4/c1-3(5(8)9)2-4(6)7/h1-2H2,(H,6,7)(H,8,9)/i1D. The van der Waals surface area contributed by atoms with Crippen LogP contribution >= 0.6 is 0 Å². The molecule has 4 heteroatoms. The average molecular weight is 131 g/mol. The maximum atomic E-state index is 10.0. The largest absolute Gasteiger partial charge is 0.481 e. The van der Waals surface area contributed by atoms with Gasteiger partial charge in [-0.25, -0.2) is 4.79 Å². The highest BCUT2D eigenvalue weighted by Crippen LogP contribution is 1.95. The third-order valence-corrected chi connectivity index (χ3v) is 0.616. The smallest absolute Gasteiger partial charge is 0.331 e. The monoisotopic (exact) mass is 131 g/mol. The molecule has 0 fully saturated rings. The van der Waals surface area contributed by atoms with Crippen LogP contribution in [0, 0.1) is 0 Å². The zero-order chi connectivity index (χ0) is 8.15. The lowest BCUT2D eigenvalue weighted by Crippen LogP contribution is -2.04. The second-order valence-electron chi connectivity index (χ2n) is 1.40. The van der Waals surface area contributed by atoms with Crippen LogP contribution in [0.1, 0.15) is 7.79 Å². The van der Waals surface area contributed by atoms with Crippen LogP contribution in [0.15, 0.2) is 12.1 Å². The van der Waals surface area contributed by atoms with Crippen LogP contribution in [-0.4, -0.2) is 22.2 Å². The summed E-state index contributed by atoms with van der Waals surface area (Å²) in [5.74, 6) is -2.61. The fourth-order valence-electron chi connectivity index (χ4n) is 0.239. The summed E-state index contributed by atoms with van der Waals surface area (Å²) in [6.07, 6.45) is -0.612. The predicted octanol–water partition coefficient (Wildman–Crippen LogP) is 0.102. The summed E-state index contributed by atoms with van der Waals surface area (Å²) in [6.45, 7) is 0.524. The molecule has 0 unspecified atom stereocenters. The Morgan fingerprint density at radius 1 is 1.56 bits per heavy atom. The number of carboxylic acid groups (broad SMARTS) is 2. The van der Waals surface area contributed by atoms with E-state index in [1.54, 1.807) is 0 Å². The Labute approximate surface area is 52.8 Å². The van der Waals surface area contributed by atoms with Gasteiger partial charge in [0.15, 0.2) is 0 Å². The summed E-state index contributed by atoms with van der Waals surface area (Å²) in [4.78, 5) is 19.9. The minimum atomic E-state index is -1.36. The normalized spacial score (nSPS) is 12.4. The average Bonchev–Trinajstić information content (AvgIpc) is 1.81. The summed E-state index contributed by atoms with van der Waals surface area (Å²) < 4.78 is 6.48. The van der Waals surface area contributed by atoms with E-state index in [4.69, 9.17) is 11.6 Å². The van der Waals surface area contributed by atoms with Crippen molar-refractivity contribution in [3.05, 3.63) is 12.1 Å². The van der Waals surface area contributed by atoms with Crippen molar-refractivity contribution in [1.29, 1.82) is 0 Å². The molecule has 0 aliphatic carbocycles. The zero-order valence-corrected chi connectivity index (χ0v) is 4.50. The molecule has 0 aromatic carbocycles. The van der Waals surface area contributed by atoms with Gasteiger partial charge < -0.3 is 10.2 Å². The Morgan fingerprint density at radius 2 is 2.11 bits per heavy atom. The van der Waals surface area contributed by atoms with Crippen molar-refractivity contribution in [2.45, 2.75) is 6.42 Å². The molecule has 0 radical (unpaired) electrons. The predicted molar refractivity (Wildman–Crippen MR) is 29.0 cm³/mol. The van der Waals surface area contributed by atoms with Gasteiger partial charge >= 0.3 is 11.9 Å². The number of carbonyl (C=O) groups is 2. The molecular formula is C5H6O4. The first kappa shape index (κ1) is 5.81. The van der Waals surface area contributed by atoms with Crippen molar-refractivity contribution in [2.75, 3.05) is 0 Å². The van der Waals surface area contributed by atoms with Crippen LogP contribution in [0.4, 0.5) is 0 Å². The summed E-state index contributed by atoms with van der Waals surface area (Å²) in [5, 5.41) is 16.2. The van der Waals surface area contributed by atoms with Crippen molar-refractivity contribution < 1.29 is 21.2 Å². The zero-order valence-electron chi connectivity index (χ0n) is 5.50. The summed E-state index contributed by atoms with van der Waals surface area (Å²) in [6, 6.07) is 0. The van der Waals surface area contributed by atoms with Gasteiger partial charge in [0.1, 0.15) is 0 Å². The first-order chi connectivity index (χ1) is 4.57. The molecule has 0 aliphatic rings. The molecule has 0 aromatic heterocycles. The molecule has 9 heavy (non-hydrogen) atoms. The highest BCUT2D eigenvalue weighted by Gasteiger charge is 2.07. The molecule has 0 amide bonds. The number of carboxylic acids is 2. The van der Waals surface area contributed by atoms with E-state index in [0.717, 1.165) is 0 Å². The van der Waals surface area contributed by atoms with E-state index < -0.39 is 23.9 Å². The summed E-state index contributed by atoms with van der Waals surface area (Å²) >= 11 is 0. The van der Waals surface area contributed by atoms with E-state index in [1.807, 2.05) is 0 Å². The Kier molecular flexibility index (Phi) is 1.85. The van der Waals surface area contributed by atoms with Gasteiger partial charge in [-0.2, -0.15) is 0 Å². The van der Waals surface area contributed by atoms with E-state index in [2.05, 4.69) is 0 Å². The Bertz CT molecular complexity index is 184. The minimum Gasteiger partial charge on any atom is -0.481 e. The fourth-order valence-corrected chi connectivity index (χ4v) is 0.239. The number of hydrogen-bond donors (Lipinski definition) is 2. The van der Waals surface area contributed by atoms with Crippen LogP contribution in [0.2, 0.25) is 0 Å². The first-order valence-corrected chi connectivity index (χ1v) is 2.10. The third-order valence-electron chi connectivity index (χ3n) is 0.616. The quantitative estimate of drug-likeness (QED) is 0.533. The molecule has 2 N–H and O–H groups in total. The Morgan fingerprint density at radius 3 is 2.22 bits per heavy atom. The van der Waals surface area contributed by atoms with E-state index >= 15 is 0 Å². The summed E-state index contributed by atoms with van der Waals surface area (Å²) in [7, 11) is 0. The van der Waals surface area contributed by atoms with Crippen molar-refractivity contribution >= 4 is 11.9 Å². The SMILES string of the molecule is [2H]C=C(CC(=O)O)C(=O)O. The van der Waals surface area contributed by atoms with Crippen LogP contribution < -0.4 is 0 Å². The van der Waals surface area contributed by atoms with Crippen molar-refractivity contribution in [3.63, 3.8) is 0 Å². The molecule has 0 saturated heterocycles. The van der Waals surface area contributed by atoms with E-state index in [9.17, 15) is 9.59 Å². The first-order valence-electron chi connectivity index (χ1n) is 2.68. The van der Waals surface area contributed by atoms with Crippen molar-refractivity contribution in [2.24, 2.45) is 0 Å². The second kappa shape index (κ2) is 2.86. The maximum absolute atomic E-state index is 10.0. The number of rotatable bonds is 3. The van der Waals surface area contributed by atoms with Gasteiger partial charge in [-0.05, 0) is 0 Å². The highest BCUT2D eigenvalue weighted by molar-refractivity contribution is 5.91. The topological polar surface area (TPSA) is 74.6 Å². The number of hydrogen-bond acceptors (Lipinski definition) is 2. The van der Waals surface area contributed by atoms with Crippen LogP contribution in [-0.2, 0) is 9.59 Å². The van der Waals surface area contributed by atoms with Gasteiger partial charge in [-0.15, -0.1) is 0 Å². The third kappa shape index (κ3) is 3.28. The second-order valence-corrected chi connectivity index (χ2v) is 1.40. The lowest BCUT2D eigenvalue weighted by molar-refractivity contribution is -0.139. The molecule has 0 aromatic rings. The van der Waals surface area contributed by atoms with E-state index in [-0.39, 0.29) is 0 Å². The molecule has 0 rings (SSSR count). The molecule has 4 nitrogen and oxygen atoms in total. The molecule has 0 spiro atoms. The molecule has 0 atom stereocenters. The fraction of sp³-hybridized carbons (Fsp3) is 0.200. The van der Waals surface area contributed by atoms with Gasteiger partial charge in [-0.3, -0.25) is 4.79 Å². The number of aliphatic carboxylic acids is 2. The lowest BCUT2D eigenvalue weighted by Gasteiger charge is -1.91. The van der Waals surface area contributed by atoms with Gasteiger partial charge in [0.05, 0.1) is 7.79 Å².